The van der Waals surface area contributed by atoms with Crippen molar-refractivity contribution in [1.82, 2.24) is 4.98 Å². The molecule has 2 rings (SSSR count). The Kier molecular flexibility index (Phi) is 2.70. The largest absolute Gasteiger partial charge is 0.438 e. The maximum Gasteiger partial charge on any atom is 0.224 e. The first-order valence-electron chi connectivity index (χ1n) is 4.96. The lowest BCUT2D eigenvalue weighted by molar-refractivity contribution is 0.139. The molecule has 4 heteroatoms. The Labute approximate surface area is 87.7 Å². The fourth-order valence-corrected chi connectivity index (χ4v) is 1.53. The van der Waals surface area contributed by atoms with Crippen LogP contribution < -0.4 is 5.73 Å². The molecular formula is C11H14N2O2. The summed E-state index contributed by atoms with van der Waals surface area (Å²) in [6.07, 6.45) is -0.243. The van der Waals surface area contributed by atoms with Crippen molar-refractivity contribution in [2.45, 2.75) is 19.4 Å². The number of nitrogens with two attached hydrogens (primary N) is 1. The van der Waals surface area contributed by atoms with Gasteiger partial charge in [-0.25, -0.2) is 4.98 Å². The van der Waals surface area contributed by atoms with Gasteiger partial charge in [-0.3, -0.25) is 0 Å². The topological polar surface area (TPSA) is 72.3 Å². The van der Waals surface area contributed by atoms with Crippen molar-refractivity contribution in [2.75, 3.05) is 6.54 Å². The Hall–Kier alpha value is -1.39. The highest BCUT2D eigenvalue weighted by atomic mass is 16.4. The maximum atomic E-state index is 9.68. The van der Waals surface area contributed by atoms with E-state index in [1.807, 2.05) is 25.1 Å². The van der Waals surface area contributed by atoms with Crippen molar-refractivity contribution in [3.63, 3.8) is 0 Å². The van der Waals surface area contributed by atoms with Gasteiger partial charge in [0, 0.05) is 0 Å². The van der Waals surface area contributed by atoms with Crippen molar-refractivity contribution >= 4 is 11.1 Å². The molecule has 0 fully saturated rings. The number of aliphatic hydroxyl groups is 1. The Morgan fingerprint density at radius 2 is 2.33 bits per heavy atom. The summed E-state index contributed by atoms with van der Waals surface area (Å²) >= 11 is 0. The summed E-state index contributed by atoms with van der Waals surface area (Å²) in [5.74, 6) is 0.352. The monoisotopic (exact) mass is 206 g/mol. The van der Waals surface area contributed by atoms with Gasteiger partial charge < -0.3 is 15.3 Å². The average Bonchev–Trinajstić information content (AvgIpc) is 2.63. The molecular weight excluding hydrogens is 192 g/mol. The minimum absolute atomic E-state index is 0.352. The number of hydrogen-bond donors (Lipinski definition) is 2. The maximum absolute atomic E-state index is 9.68. The fraction of sp³-hybridized carbons (Fsp3) is 0.364. The number of fused-ring (bicyclic) bond motifs is 1. The molecule has 0 saturated heterocycles. The molecule has 0 spiro atoms. The molecule has 1 unspecified atom stereocenters. The molecule has 2 aromatic rings. The lowest BCUT2D eigenvalue weighted by Gasteiger charge is -2.02. The van der Waals surface area contributed by atoms with Gasteiger partial charge in [0.1, 0.15) is 11.6 Å². The summed E-state index contributed by atoms with van der Waals surface area (Å²) in [4.78, 5) is 4.26. The molecule has 0 radical (unpaired) electrons. The van der Waals surface area contributed by atoms with Crippen LogP contribution in [0.1, 0.15) is 24.0 Å². The third kappa shape index (κ3) is 1.86. The summed E-state index contributed by atoms with van der Waals surface area (Å²) in [5.41, 5.74) is 7.92. The second-order valence-electron chi connectivity index (χ2n) is 3.57. The highest BCUT2D eigenvalue weighted by molar-refractivity contribution is 5.76. The zero-order chi connectivity index (χ0) is 10.8. The SMILES string of the molecule is Cc1cccc2oc(C(O)CCN)nc12. The standard InChI is InChI=1S/C11H14N2O2/c1-7-3-2-4-9-10(7)13-11(15-9)8(14)5-6-12/h2-4,8,14H,5-6,12H2,1H3. The van der Waals surface area contributed by atoms with E-state index in [4.69, 9.17) is 10.2 Å². The summed E-state index contributed by atoms with van der Waals surface area (Å²) in [6.45, 7) is 2.38. The Morgan fingerprint density at radius 3 is 3.00 bits per heavy atom. The normalized spacial score (nSPS) is 13.3. The van der Waals surface area contributed by atoms with E-state index in [-0.39, 0.29) is 0 Å². The van der Waals surface area contributed by atoms with Gasteiger partial charge in [-0.05, 0) is 31.5 Å². The van der Waals surface area contributed by atoms with Crippen LogP contribution in [-0.2, 0) is 0 Å². The lowest BCUT2D eigenvalue weighted by Crippen LogP contribution is -2.06. The number of nitrogens with zero attached hydrogens (tertiary/aromatic N) is 1. The average molecular weight is 206 g/mol. The van der Waals surface area contributed by atoms with Gasteiger partial charge in [0.2, 0.25) is 5.89 Å². The van der Waals surface area contributed by atoms with Crippen LogP contribution in [0.5, 0.6) is 0 Å². The van der Waals surface area contributed by atoms with E-state index in [9.17, 15) is 5.11 Å². The lowest BCUT2D eigenvalue weighted by atomic mass is 10.2. The van der Waals surface area contributed by atoms with Crippen LogP contribution in [0.2, 0.25) is 0 Å². The molecule has 0 aliphatic carbocycles. The van der Waals surface area contributed by atoms with Crippen molar-refractivity contribution in [2.24, 2.45) is 5.73 Å². The Bertz CT molecular complexity index is 465. The number of hydrogen-bond acceptors (Lipinski definition) is 4. The summed E-state index contributed by atoms with van der Waals surface area (Å²) in [5, 5.41) is 9.68. The van der Waals surface area contributed by atoms with Gasteiger partial charge >= 0.3 is 0 Å². The number of oxazole rings is 1. The van der Waals surface area contributed by atoms with Gasteiger partial charge in [-0.1, -0.05) is 12.1 Å². The van der Waals surface area contributed by atoms with Crippen LogP contribution in [-0.4, -0.2) is 16.6 Å². The number of aryl methyl sites for hydroxylation is 1. The minimum Gasteiger partial charge on any atom is -0.438 e. The number of aromatic nitrogens is 1. The van der Waals surface area contributed by atoms with Gasteiger partial charge in [-0.15, -0.1) is 0 Å². The highest BCUT2D eigenvalue weighted by Gasteiger charge is 2.14. The molecule has 1 aromatic carbocycles. The molecule has 0 aliphatic rings. The van der Waals surface area contributed by atoms with Crippen molar-refractivity contribution < 1.29 is 9.52 Å². The first kappa shape index (κ1) is 10.1. The second kappa shape index (κ2) is 4.00. The molecule has 1 aromatic heterocycles. The highest BCUT2D eigenvalue weighted by Crippen LogP contribution is 2.23. The molecule has 0 bridgehead atoms. The minimum atomic E-state index is -0.707. The van der Waals surface area contributed by atoms with E-state index in [0.29, 0.717) is 24.4 Å². The predicted molar refractivity (Wildman–Crippen MR) is 57.4 cm³/mol. The molecule has 1 heterocycles. The quantitative estimate of drug-likeness (QED) is 0.798. The van der Waals surface area contributed by atoms with E-state index in [1.54, 1.807) is 0 Å². The number of benzene rings is 1. The first-order valence-corrected chi connectivity index (χ1v) is 4.96. The summed E-state index contributed by atoms with van der Waals surface area (Å²) in [6, 6.07) is 5.71. The van der Waals surface area contributed by atoms with E-state index in [1.165, 1.54) is 0 Å². The summed E-state index contributed by atoms with van der Waals surface area (Å²) in [7, 11) is 0. The van der Waals surface area contributed by atoms with E-state index < -0.39 is 6.10 Å². The van der Waals surface area contributed by atoms with Crippen LogP contribution in [0.15, 0.2) is 22.6 Å². The van der Waals surface area contributed by atoms with Crippen LogP contribution in [0.4, 0.5) is 0 Å². The molecule has 1 atom stereocenters. The zero-order valence-electron chi connectivity index (χ0n) is 8.60. The molecule has 0 saturated carbocycles. The third-order valence-electron chi connectivity index (χ3n) is 2.36. The predicted octanol–water partition coefficient (Wildman–Crippen LogP) is 1.52. The Balaban J connectivity index is 2.43. The molecule has 4 nitrogen and oxygen atoms in total. The van der Waals surface area contributed by atoms with E-state index in [0.717, 1.165) is 11.1 Å². The van der Waals surface area contributed by atoms with Crippen LogP contribution in [0.25, 0.3) is 11.1 Å². The zero-order valence-corrected chi connectivity index (χ0v) is 8.60. The Morgan fingerprint density at radius 1 is 1.53 bits per heavy atom. The van der Waals surface area contributed by atoms with Crippen molar-refractivity contribution in [1.29, 1.82) is 0 Å². The molecule has 15 heavy (non-hydrogen) atoms. The number of para-hydroxylation sites is 1. The number of rotatable bonds is 3. The van der Waals surface area contributed by atoms with Gasteiger partial charge in [0.15, 0.2) is 5.58 Å². The fourth-order valence-electron chi connectivity index (χ4n) is 1.53. The van der Waals surface area contributed by atoms with Gasteiger partial charge in [0.25, 0.3) is 0 Å². The number of aliphatic hydroxyl groups excluding tert-OH is 1. The first-order chi connectivity index (χ1) is 7.22. The van der Waals surface area contributed by atoms with Crippen molar-refractivity contribution in [3.05, 3.63) is 29.7 Å². The second-order valence-corrected chi connectivity index (χ2v) is 3.57. The summed E-state index contributed by atoms with van der Waals surface area (Å²) < 4.78 is 5.45. The van der Waals surface area contributed by atoms with Crippen molar-refractivity contribution in [3.8, 4) is 0 Å². The van der Waals surface area contributed by atoms with Crippen LogP contribution in [0, 0.1) is 6.92 Å². The molecule has 0 aliphatic heterocycles. The van der Waals surface area contributed by atoms with Gasteiger partial charge in [-0.2, -0.15) is 0 Å². The van der Waals surface area contributed by atoms with Crippen LogP contribution in [0.3, 0.4) is 0 Å². The van der Waals surface area contributed by atoms with Crippen LogP contribution >= 0.6 is 0 Å². The van der Waals surface area contributed by atoms with E-state index >= 15 is 0 Å². The van der Waals surface area contributed by atoms with E-state index in [2.05, 4.69) is 4.98 Å². The smallest absolute Gasteiger partial charge is 0.224 e. The molecule has 80 valence electrons. The molecule has 3 N–H and O–H groups in total. The van der Waals surface area contributed by atoms with Gasteiger partial charge in [0.05, 0.1) is 0 Å². The third-order valence-corrected chi connectivity index (χ3v) is 2.36. The molecule has 0 amide bonds.